The SMILES string of the molecule is CCN(CC)CCCNc1nc(C=Cc2ccc(F)c(F)c2)nc2cc(OC)c(OC)cc12. The number of anilines is 1. The number of nitrogens with zero attached hydrogens (tertiary/aromatic N) is 3. The molecule has 0 bridgehead atoms. The first-order valence-corrected chi connectivity index (χ1v) is 11.0. The van der Waals surface area contributed by atoms with E-state index in [1.54, 1.807) is 32.4 Å². The van der Waals surface area contributed by atoms with E-state index in [0.717, 1.165) is 50.1 Å². The highest BCUT2D eigenvalue weighted by Crippen LogP contribution is 2.34. The molecule has 0 saturated carbocycles. The molecule has 33 heavy (non-hydrogen) atoms. The molecule has 0 aliphatic carbocycles. The molecule has 0 atom stereocenters. The Hall–Kier alpha value is -3.26. The average molecular weight is 457 g/mol. The molecule has 0 saturated heterocycles. The normalized spacial score (nSPS) is 11.5. The van der Waals surface area contributed by atoms with Gasteiger partial charge in [-0.1, -0.05) is 26.0 Å². The van der Waals surface area contributed by atoms with E-state index in [1.807, 2.05) is 6.07 Å². The van der Waals surface area contributed by atoms with Crippen molar-refractivity contribution in [2.45, 2.75) is 20.3 Å². The zero-order valence-corrected chi connectivity index (χ0v) is 19.5. The second kappa shape index (κ2) is 11.6. The van der Waals surface area contributed by atoms with Crippen LogP contribution in [0.2, 0.25) is 0 Å². The van der Waals surface area contributed by atoms with Crippen molar-refractivity contribution in [3.63, 3.8) is 0 Å². The maximum absolute atomic E-state index is 13.5. The van der Waals surface area contributed by atoms with Gasteiger partial charge in [-0.05, 0) is 55.9 Å². The summed E-state index contributed by atoms with van der Waals surface area (Å²) in [6.07, 6.45) is 4.28. The molecule has 0 aliphatic rings. The lowest BCUT2D eigenvalue weighted by atomic mass is 10.2. The third-order valence-electron chi connectivity index (χ3n) is 5.42. The number of nitrogens with one attached hydrogen (secondary N) is 1. The molecule has 1 heterocycles. The number of ether oxygens (including phenoxy) is 2. The van der Waals surface area contributed by atoms with E-state index in [1.165, 1.54) is 6.07 Å². The topological polar surface area (TPSA) is 59.5 Å². The van der Waals surface area contributed by atoms with E-state index in [4.69, 9.17) is 9.47 Å². The van der Waals surface area contributed by atoms with Crippen molar-refractivity contribution in [2.24, 2.45) is 0 Å². The quantitative estimate of drug-likeness (QED) is 0.398. The largest absolute Gasteiger partial charge is 0.493 e. The second-order valence-electron chi connectivity index (χ2n) is 7.47. The zero-order valence-electron chi connectivity index (χ0n) is 19.5. The standard InChI is InChI=1S/C25H30F2N4O2/c1-5-31(6-2)13-7-12-28-25-18-15-22(32-3)23(33-4)16-21(18)29-24(30-25)11-9-17-8-10-19(26)20(27)14-17/h8-11,14-16H,5-7,12-13H2,1-4H3,(H,28,29,30). The molecule has 0 spiro atoms. The fourth-order valence-electron chi connectivity index (χ4n) is 3.52. The lowest BCUT2D eigenvalue weighted by Crippen LogP contribution is -2.25. The predicted octanol–water partition coefficient (Wildman–Crippen LogP) is 5.24. The van der Waals surface area contributed by atoms with E-state index in [9.17, 15) is 8.78 Å². The summed E-state index contributed by atoms with van der Waals surface area (Å²) in [5.41, 5.74) is 1.19. The first-order chi connectivity index (χ1) is 16.0. The molecule has 0 unspecified atom stereocenters. The lowest BCUT2D eigenvalue weighted by Gasteiger charge is -2.18. The van der Waals surface area contributed by atoms with Crippen LogP contribution in [0.4, 0.5) is 14.6 Å². The number of aromatic nitrogens is 2. The molecule has 1 N–H and O–H groups in total. The molecule has 0 radical (unpaired) electrons. The van der Waals surface area contributed by atoms with Crippen molar-refractivity contribution in [3.8, 4) is 11.5 Å². The van der Waals surface area contributed by atoms with Gasteiger partial charge in [0, 0.05) is 18.0 Å². The Balaban J connectivity index is 1.93. The molecular weight excluding hydrogens is 426 g/mol. The maximum Gasteiger partial charge on any atom is 0.162 e. The number of benzene rings is 2. The molecule has 176 valence electrons. The minimum atomic E-state index is -0.899. The van der Waals surface area contributed by atoms with Crippen molar-refractivity contribution in [1.82, 2.24) is 14.9 Å². The molecule has 0 aliphatic heterocycles. The third-order valence-corrected chi connectivity index (χ3v) is 5.42. The Kier molecular flexibility index (Phi) is 8.54. The summed E-state index contributed by atoms with van der Waals surface area (Å²) in [6.45, 7) is 8.07. The Morgan fingerprint density at radius 2 is 1.67 bits per heavy atom. The van der Waals surface area contributed by atoms with E-state index in [-0.39, 0.29) is 0 Å². The van der Waals surface area contributed by atoms with Crippen molar-refractivity contribution in [3.05, 3.63) is 53.4 Å². The minimum absolute atomic E-state index is 0.436. The summed E-state index contributed by atoms with van der Waals surface area (Å²) in [6, 6.07) is 7.37. The van der Waals surface area contributed by atoms with Crippen LogP contribution in [-0.4, -0.2) is 55.3 Å². The summed E-state index contributed by atoms with van der Waals surface area (Å²) >= 11 is 0. The molecule has 8 heteroatoms. The summed E-state index contributed by atoms with van der Waals surface area (Å²) in [5.74, 6) is 0.475. The van der Waals surface area contributed by atoms with Crippen LogP contribution in [-0.2, 0) is 0 Å². The molecule has 2 aromatic carbocycles. The monoisotopic (exact) mass is 456 g/mol. The number of rotatable bonds is 11. The Bertz CT molecular complexity index is 1120. The molecule has 6 nitrogen and oxygen atoms in total. The van der Waals surface area contributed by atoms with Crippen LogP contribution in [0, 0.1) is 11.6 Å². The van der Waals surface area contributed by atoms with Crippen molar-refractivity contribution < 1.29 is 18.3 Å². The lowest BCUT2D eigenvalue weighted by molar-refractivity contribution is 0.303. The Morgan fingerprint density at radius 1 is 0.939 bits per heavy atom. The van der Waals surface area contributed by atoms with Gasteiger partial charge in [0.05, 0.1) is 19.7 Å². The van der Waals surface area contributed by atoms with Crippen LogP contribution < -0.4 is 14.8 Å². The van der Waals surface area contributed by atoms with Gasteiger partial charge in [-0.15, -0.1) is 0 Å². The third kappa shape index (κ3) is 6.16. The average Bonchev–Trinajstić information content (AvgIpc) is 2.83. The maximum atomic E-state index is 13.5. The fraction of sp³-hybridized carbons (Fsp3) is 0.360. The number of hydrogen-bond donors (Lipinski definition) is 1. The van der Waals surface area contributed by atoms with Crippen molar-refractivity contribution in [2.75, 3.05) is 45.7 Å². The van der Waals surface area contributed by atoms with Crippen LogP contribution in [0.25, 0.3) is 23.1 Å². The molecule has 0 amide bonds. The van der Waals surface area contributed by atoms with E-state index in [2.05, 4.69) is 34.0 Å². The van der Waals surface area contributed by atoms with Crippen molar-refractivity contribution >= 4 is 28.9 Å². The number of fused-ring (bicyclic) bond motifs is 1. The van der Waals surface area contributed by atoms with Gasteiger partial charge in [-0.2, -0.15) is 0 Å². The highest BCUT2D eigenvalue weighted by molar-refractivity contribution is 5.92. The Labute approximate surface area is 193 Å². The van der Waals surface area contributed by atoms with Crippen LogP contribution in [0.3, 0.4) is 0 Å². The van der Waals surface area contributed by atoms with E-state index < -0.39 is 11.6 Å². The predicted molar refractivity (Wildman–Crippen MR) is 129 cm³/mol. The minimum Gasteiger partial charge on any atom is -0.493 e. The van der Waals surface area contributed by atoms with Gasteiger partial charge in [0.15, 0.2) is 29.0 Å². The molecule has 3 rings (SSSR count). The molecular formula is C25H30F2N4O2. The van der Waals surface area contributed by atoms with Gasteiger partial charge in [-0.3, -0.25) is 0 Å². The highest BCUT2D eigenvalue weighted by atomic mass is 19.2. The second-order valence-corrected chi connectivity index (χ2v) is 7.47. The zero-order chi connectivity index (χ0) is 23.8. The summed E-state index contributed by atoms with van der Waals surface area (Å²) in [5, 5.41) is 4.22. The summed E-state index contributed by atoms with van der Waals surface area (Å²) in [7, 11) is 3.15. The van der Waals surface area contributed by atoms with Gasteiger partial charge in [-0.25, -0.2) is 18.7 Å². The van der Waals surface area contributed by atoms with Gasteiger partial charge in [0.25, 0.3) is 0 Å². The summed E-state index contributed by atoms with van der Waals surface area (Å²) < 4.78 is 37.6. The van der Waals surface area contributed by atoms with E-state index in [0.29, 0.717) is 34.2 Å². The number of methoxy groups -OCH3 is 2. The van der Waals surface area contributed by atoms with Gasteiger partial charge >= 0.3 is 0 Å². The highest BCUT2D eigenvalue weighted by Gasteiger charge is 2.13. The Morgan fingerprint density at radius 3 is 2.33 bits per heavy atom. The molecule has 3 aromatic rings. The van der Waals surface area contributed by atoms with E-state index >= 15 is 0 Å². The first-order valence-electron chi connectivity index (χ1n) is 11.0. The molecule has 0 fully saturated rings. The smallest absolute Gasteiger partial charge is 0.162 e. The van der Waals surface area contributed by atoms with Crippen molar-refractivity contribution in [1.29, 1.82) is 0 Å². The van der Waals surface area contributed by atoms with Crippen LogP contribution in [0.1, 0.15) is 31.7 Å². The van der Waals surface area contributed by atoms with Gasteiger partial charge in [0.1, 0.15) is 5.82 Å². The summed E-state index contributed by atoms with van der Waals surface area (Å²) in [4.78, 5) is 11.6. The van der Waals surface area contributed by atoms with Crippen LogP contribution in [0.5, 0.6) is 11.5 Å². The van der Waals surface area contributed by atoms with Gasteiger partial charge < -0.3 is 19.7 Å². The molecule has 1 aromatic heterocycles. The fourth-order valence-corrected chi connectivity index (χ4v) is 3.52. The first kappa shape index (κ1) is 24.4. The van der Waals surface area contributed by atoms with Crippen LogP contribution in [0.15, 0.2) is 30.3 Å². The van der Waals surface area contributed by atoms with Gasteiger partial charge in [0.2, 0.25) is 0 Å². The van der Waals surface area contributed by atoms with Crippen LogP contribution >= 0.6 is 0 Å². The number of hydrogen-bond acceptors (Lipinski definition) is 6. The number of halogens is 2.